The van der Waals surface area contributed by atoms with Gasteiger partial charge in [0, 0.05) is 18.5 Å². The highest BCUT2D eigenvalue weighted by Gasteiger charge is 2.09. The highest BCUT2D eigenvalue weighted by Crippen LogP contribution is 2.28. The van der Waals surface area contributed by atoms with Crippen LogP contribution in [0, 0.1) is 0 Å². The van der Waals surface area contributed by atoms with E-state index in [1.54, 1.807) is 14.2 Å². The molecule has 130 valence electrons. The average molecular weight is 337 g/mol. The molecule has 1 unspecified atom stereocenters. The molecule has 1 atom stereocenters. The molecule has 3 aromatic rings. The smallest absolute Gasteiger partial charge is 0.126 e. The number of nitrogens with one attached hydrogen (secondary N) is 1. The Morgan fingerprint density at radius 1 is 0.880 bits per heavy atom. The van der Waals surface area contributed by atoms with Crippen LogP contribution in [0.3, 0.4) is 0 Å². The van der Waals surface area contributed by atoms with Gasteiger partial charge in [-0.1, -0.05) is 42.5 Å². The van der Waals surface area contributed by atoms with Crippen LogP contribution in [-0.4, -0.2) is 25.9 Å². The van der Waals surface area contributed by atoms with Crippen molar-refractivity contribution in [3.63, 3.8) is 0 Å². The molecule has 3 rings (SSSR count). The van der Waals surface area contributed by atoms with Crippen molar-refractivity contribution in [2.45, 2.75) is 12.6 Å². The largest absolute Gasteiger partial charge is 0.497 e. The Bertz CT molecular complexity index is 830. The highest BCUT2D eigenvalue weighted by molar-refractivity contribution is 5.91. The fourth-order valence-corrected chi connectivity index (χ4v) is 2.95. The van der Waals surface area contributed by atoms with Crippen LogP contribution in [0.25, 0.3) is 10.8 Å². The lowest BCUT2D eigenvalue weighted by molar-refractivity contribution is 0.174. The van der Waals surface area contributed by atoms with E-state index in [9.17, 15) is 5.11 Å². The maximum atomic E-state index is 10.3. The summed E-state index contributed by atoms with van der Waals surface area (Å²) in [6, 6.07) is 19.7. The maximum absolute atomic E-state index is 10.3. The Hall–Kier alpha value is -2.56. The zero-order valence-corrected chi connectivity index (χ0v) is 14.5. The van der Waals surface area contributed by atoms with Gasteiger partial charge in [0.1, 0.15) is 11.5 Å². The third kappa shape index (κ3) is 3.92. The minimum Gasteiger partial charge on any atom is -0.497 e. The molecular weight excluding hydrogens is 314 g/mol. The normalized spacial score (nSPS) is 12.1. The molecule has 4 nitrogen and oxygen atoms in total. The summed E-state index contributed by atoms with van der Waals surface area (Å²) in [6.45, 7) is 1.16. The van der Waals surface area contributed by atoms with E-state index >= 15 is 0 Å². The number of aliphatic hydroxyl groups is 1. The summed E-state index contributed by atoms with van der Waals surface area (Å²) in [5, 5.41) is 15.9. The molecule has 0 spiro atoms. The fourth-order valence-electron chi connectivity index (χ4n) is 2.95. The van der Waals surface area contributed by atoms with E-state index in [1.807, 2.05) is 42.5 Å². The summed E-state index contributed by atoms with van der Waals surface area (Å²) in [7, 11) is 3.32. The number of fused-ring (bicyclic) bond motifs is 1. The number of hydrogen-bond acceptors (Lipinski definition) is 4. The first-order chi connectivity index (χ1) is 12.2. The first-order valence-electron chi connectivity index (χ1n) is 8.30. The van der Waals surface area contributed by atoms with E-state index in [-0.39, 0.29) is 0 Å². The van der Waals surface area contributed by atoms with Crippen molar-refractivity contribution in [2.75, 3.05) is 20.8 Å². The molecule has 0 aliphatic rings. The van der Waals surface area contributed by atoms with Gasteiger partial charge in [-0.3, -0.25) is 0 Å². The van der Waals surface area contributed by atoms with Crippen LogP contribution in [0.15, 0.2) is 60.7 Å². The molecule has 0 fully saturated rings. The van der Waals surface area contributed by atoms with E-state index in [0.29, 0.717) is 13.1 Å². The fraction of sp³-hybridized carbons (Fsp3) is 0.238. The molecule has 0 saturated heterocycles. The van der Waals surface area contributed by atoms with Crippen molar-refractivity contribution >= 4 is 10.8 Å². The predicted molar refractivity (Wildman–Crippen MR) is 100 cm³/mol. The van der Waals surface area contributed by atoms with E-state index < -0.39 is 6.10 Å². The van der Waals surface area contributed by atoms with Crippen molar-refractivity contribution in [3.8, 4) is 11.5 Å². The molecule has 0 aliphatic carbocycles. The van der Waals surface area contributed by atoms with E-state index in [2.05, 4.69) is 23.5 Å². The molecule has 25 heavy (non-hydrogen) atoms. The first-order valence-corrected chi connectivity index (χ1v) is 8.30. The van der Waals surface area contributed by atoms with Crippen molar-refractivity contribution in [3.05, 3.63) is 71.8 Å². The molecule has 4 heteroatoms. The van der Waals surface area contributed by atoms with Gasteiger partial charge in [0.25, 0.3) is 0 Å². The second kappa shape index (κ2) is 8.01. The molecule has 0 heterocycles. The minimum atomic E-state index is -0.560. The Morgan fingerprint density at radius 2 is 1.60 bits per heavy atom. The Labute approximate surface area is 148 Å². The van der Waals surface area contributed by atoms with Crippen molar-refractivity contribution in [1.29, 1.82) is 0 Å². The van der Waals surface area contributed by atoms with Gasteiger partial charge in [0.05, 0.1) is 20.3 Å². The number of ether oxygens (including phenoxy) is 2. The molecule has 2 N–H and O–H groups in total. The molecule has 0 bridgehead atoms. The molecule has 0 aromatic heterocycles. The van der Waals surface area contributed by atoms with Gasteiger partial charge in [-0.25, -0.2) is 0 Å². The van der Waals surface area contributed by atoms with Crippen molar-refractivity contribution < 1.29 is 14.6 Å². The van der Waals surface area contributed by atoms with Crippen LogP contribution in [0.5, 0.6) is 11.5 Å². The lowest BCUT2D eigenvalue weighted by Gasteiger charge is -2.14. The first kappa shape index (κ1) is 17.3. The Balaban J connectivity index is 1.66. The highest BCUT2D eigenvalue weighted by atomic mass is 16.5. The van der Waals surface area contributed by atoms with Crippen LogP contribution >= 0.6 is 0 Å². The molecule has 0 aliphatic heterocycles. The molecular formula is C21H23NO3. The second-order valence-corrected chi connectivity index (χ2v) is 5.89. The number of hydrogen-bond donors (Lipinski definition) is 2. The maximum Gasteiger partial charge on any atom is 0.126 e. The van der Waals surface area contributed by atoms with Gasteiger partial charge < -0.3 is 19.9 Å². The van der Waals surface area contributed by atoms with Crippen LogP contribution in [-0.2, 0) is 6.54 Å². The standard InChI is InChI=1S/C21H23NO3/c1-24-17-10-7-15(8-11-17)20(23)14-22-13-16-9-12-21(25-2)19-6-4-3-5-18(16)19/h3-12,20,22-23H,13-14H2,1-2H3. The van der Waals surface area contributed by atoms with Crippen LogP contribution in [0.2, 0.25) is 0 Å². The second-order valence-electron chi connectivity index (χ2n) is 5.89. The summed E-state index contributed by atoms with van der Waals surface area (Å²) in [5.74, 6) is 1.66. The number of methoxy groups -OCH3 is 2. The van der Waals surface area contributed by atoms with Gasteiger partial charge >= 0.3 is 0 Å². The SMILES string of the molecule is COc1ccc(C(O)CNCc2ccc(OC)c3ccccc23)cc1. The van der Waals surface area contributed by atoms with Gasteiger partial charge in [0.2, 0.25) is 0 Å². The Kier molecular flexibility index (Phi) is 5.53. The zero-order valence-electron chi connectivity index (χ0n) is 14.5. The third-order valence-electron chi connectivity index (χ3n) is 4.35. The summed E-state index contributed by atoms with van der Waals surface area (Å²) in [4.78, 5) is 0. The zero-order chi connectivity index (χ0) is 17.6. The topological polar surface area (TPSA) is 50.7 Å². The van der Waals surface area contributed by atoms with Crippen LogP contribution < -0.4 is 14.8 Å². The number of aliphatic hydroxyl groups excluding tert-OH is 1. The van der Waals surface area contributed by atoms with Crippen molar-refractivity contribution in [1.82, 2.24) is 5.32 Å². The van der Waals surface area contributed by atoms with E-state index in [0.717, 1.165) is 27.8 Å². The van der Waals surface area contributed by atoms with E-state index in [4.69, 9.17) is 9.47 Å². The summed E-state index contributed by atoms with van der Waals surface area (Å²) in [6.07, 6.45) is -0.560. The quantitative estimate of drug-likeness (QED) is 0.690. The lowest BCUT2D eigenvalue weighted by Crippen LogP contribution is -2.21. The predicted octanol–water partition coefficient (Wildman–Crippen LogP) is 3.68. The van der Waals surface area contributed by atoms with Crippen LogP contribution in [0.1, 0.15) is 17.2 Å². The van der Waals surface area contributed by atoms with Gasteiger partial charge in [0.15, 0.2) is 0 Å². The average Bonchev–Trinajstić information content (AvgIpc) is 2.68. The monoisotopic (exact) mass is 337 g/mol. The Morgan fingerprint density at radius 3 is 2.28 bits per heavy atom. The number of benzene rings is 3. The van der Waals surface area contributed by atoms with Gasteiger partial charge in [-0.2, -0.15) is 0 Å². The summed E-state index contributed by atoms with van der Waals surface area (Å²) >= 11 is 0. The van der Waals surface area contributed by atoms with Crippen molar-refractivity contribution in [2.24, 2.45) is 0 Å². The van der Waals surface area contributed by atoms with Gasteiger partial charge in [-0.05, 0) is 34.7 Å². The third-order valence-corrected chi connectivity index (χ3v) is 4.35. The van der Waals surface area contributed by atoms with Gasteiger partial charge in [-0.15, -0.1) is 0 Å². The molecule has 0 saturated carbocycles. The number of rotatable bonds is 7. The van der Waals surface area contributed by atoms with E-state index in [1.165, 1.54) is 5.56 Å². The molecule has 3 aromatic carbocycles. The van der Waals surface area contributed by atoms with Crippen LogP contribution in [0.4, 0.5) is 0 Å². The molecule has 0 radical (unpaired) electrons. The summed E-state index contributed by atoms with van der Waals surface area (Å²) < 4.78 is 10.6. The minimum absolute atomic E-state index is 0.479. The lowest BCUT2D eigenvalue weighted by atomic mass is 10.0. The molecule has 0 amide bonds. The summed E-state index contributed by atoms with van der Waals surface area (Å²) in [5.41, 5.74) is 2.05.